The third kappa shape index (κ3) is 2.21. The summed E-state index contributed by atoms with van der Waals surface area (Å²) < 4.78 is 0. The molecule has 3 heterocycles. The molecule has 1 aliphatic rings. The van der Waals surface area contributed by atoms with Crippen LogP contribution in [0.25, 0.3) is 10.9 Å². The third-order valence-electron chi connectivity index (χ3n) is 4.10. The summed E-state index contributed by atoms with van der Waals surface area (Å²) in [7, 11) is 2.06. The van der Waals surface area contributed by atoms with Crippen LogP contribution in [0, 0.1) is 5.92 Å². The predicted molar refractivity (Wildman–Crippen MR) is 74.9 cm³/mol. The van der Waals surface area contributed by atoms with Crippen LogP contribution in [0.5, 0.6) is 0 Å². The van der Waals surface area contributed by atoms with E-state index in [1.54, 1.807) is 6.20 Å². The number of aromatic nitrogens is 2. The lowest BCUT2D eigenvalue weighted by Crippen LogP contribution is -2.33. The van der Waals surface area contributed by atoms with E-state index in [1.807, 2.05) is 18.3 Å². The predicted octanol–water partition coefficient (Wildman–Crippen LogP) is 1.84. The molecular weight excluding hydrogens is 240 g/mol. The van der Waals surface area contributed by atoms with Gasteiger partial charge in [0.25, 0.3) is 0 Å². The van der Waals surface area contributed by atoms with Crippen molar-refractivity contribution in [2.75, 3.05) is 18.9 Å². The minimum Gasteiger partial charge on any atom is -0.360 e. The van der Waals surface area contributed by atoms with Gasteiger partial charge in [-0.15, -0.1) is 0 Å². The summed E-state index contributed by atoms with van der Waals surface area (Å²) in [6.45, 7) is 3.07. The van der Waals surface area contributed by atoms with Crippen molar-refractivity contribution in [3.8, 4) is 0 Å². The van der Waals surface area contributed by atoms with Crippen LogP contribution >= 0.6 is 0 Å². The largest absolute Gasteiger partial charge is 0.360 e. The molecule has 3 rings (SSSR count). The van der Waals surface area contributed by atoms with E-state index in [1.165, 1.54) is 0 Å². The molecule has 0 aromatic carbocycles. The lowest BCUT2D eigenvalue weighted by Gasteiger charge is -2.19. The zero-order chi connectivity index (χ0) is 13.4. The van der Waals surface area contributed by atoms with Gasteiger partial charge in [-0.3, -0.25) is 4.79 Å². The normalized spacial score (nSPS) is 23.9. The fourth-order valence-electron chi connectivity index (χ4n) is 2.68. The molecule has 5 heteroatoms. The number of amides is 1. The molecule has 0 bridgehead atoms. The number of carbonyl (C=O) groups is 1. The average molecular weight is 258 g/mol. The summed E-state index contributed by atoms with van der Waals surface area (Å²) >= 11 is 0. The molecule has 1 fully saturated rings. The molecule has 0 unspecified atom stereocenters. The molecule has 0 saturated carbocycles. The minimum absolute atomic E-state index is 0.0497. The van der Waals surface area contributed by atoms with Crippen LogP contribution in [0.1, 0.15) is 13.3 Å². The standard InChI is InChI=1S/C14H18N4O/c1-9-11(4-6-18(9)2)14(19)17-13-7-10-3-5-15-12(10)8-16-13/h3,5,7-9,11,15H,4,6H2,1-2H3,(H,16,17,19)/t9-,11-/m1/s1. The molecular formula is C14H18N4O. The topological polar surface area (TPSA) is 61.0 Å². The van der Waals surface area contributed by atoms with Gasteiger partial charge in [-0.2, -0.15) is 0 Å². The number of hydrogen-bond acceptors (Lipinski definition) is 3. The first-order valence-electron chi connectivity index (χ1n) is 6.59. The van der Waals surface area contributed by atoms with Gasteiger partial charge in [0.2, 0.25) is 5.91 Å². The summed E-state index contributed by atoms with van der Waals surface area (Å²) in [5.74, 6) is 0.742. The Morgan fingerprint density at radius 1 is 1.58 bits per heavy atom. The summed E-state index contributed by atoms with van der Waals surface area (Å²) in [6.07, 6.45) is 4.52. The van der Waals surface area contributed by atoms with Gasteiger partial charge in [-0.25, -0.2) is 4.98 Å². The maximum absolute atomic E-state index is 12.3. The number of carbonyl (C=O) groups excluding carboxylic acids is 1. The van der Waals surface area contributed by atoms with Gasteiger partial charge < -0.3 is 15.2 Å². The van der Waals surface area contributed by atoms with Crippen molar-refractivity contribution in [1.82, 2.24) is 14.9 Å². The monoisotopic (exact) mass is 258 g/mol. The molecule has 2 N–H and O–H groups in total. The van der Waals surface area contributed by atoms with Gasteiger partial charge >= 0.3 is 0 Å². The molecule has 1 amide bonds. The van der Waals surface area contributed by atoms with Crippen LogP contribution in [0.2, 0.25) is 0 Å². The van der Waals surface area contributed by atoms with Crippen molar-refractivity contribution in [2.24, 2.45) is 5.92 Å². The summed E-state index contributed by atoms with van der Waals surface area (Å²) in [5.41, 5.74) is 0.979. The zero-order valence-corrected chi connectivity index (χ0v) is 11.2. The van der Waals surface area contributed by atoms with Crippen LogP contribution in [0.4, 0.5) is 5.82 Å². The average Bonchev–Trinajstić information content (AvgIpc) is 2.97. The fourth-order valence-corrected chi connectivity index (χ4v) is 2.68. The van der Waals surface area contributed by atoms with Crippen molar-refractivity contribution in [1.29, 1.82) is 0 Å². The molecule has 1 saturated heterocycles. The Labute approximate surface area is 112 Å². The second-order valence-corrected chi connectivity index (χ2v) is 5.24. The highest BCUT2D eigenvalue weighted by Gasteiger charge is 2.33. The summed E-state index contributed by atoms with van der Waals surface area (Å²) in [4.78, 5) is 21.8. The van der Waals surface area contributed by atoms with E-state index in [4.69, 9.17) is 0 Å². The number of anilines is 1. The van der Waals surface area contributed by atoms with E-state index in [9.17, 15) is 4.79 Å². The first-order valence-corrected chi connectivity index (χ1v) is 6.59. The Hall–Kier alpha value is -1.88. The van der Waals surface area contributed by atoms with Gasteiger partial charge in [-0.05, 0) is 39.1 Å². The van der Waals surface area contributed by atoms with Crippen LogP contribution in [-0.2, 0) is 4.79 Å². The molecule has 2 aromatic rings. The summed E-state index contributed by atoms with van der Waals surface area (Å²) in [5, 5.41) is 3.98. The smallest absolute Gasteiger partial charge is 0.230 e. The third-order valence-corrected chi connectivity index (χ3v) is 4.10. The molecule has 0 spiro atoms. The minimum atomic E-state index is 0.0497. The highest BCUT2D eigenvalue weighted by molar-refractivity contribution is 5.94. The number of pyridine rings is 1. The van der Waals surface area contributed by atoms with E-state index >= 15 is 0 Å². The highest BCUT2D eigenvalue weighted by Crippen LogP contribution is 2.24. The zero-order valence-electron chi connectivity index (χ0n) is 11.2. The molecule has 1 aliphatic heterocycles. The maximum atomic E-state index is 12.3. The molecule has 2 aromatic heterocycles. The number of rotatable bonds is 2. The van der Waals surface area contributed by atoms with E-state index in [0.29, 0.717) is 5.82 Å². The summed E-state index contributed by atoms with van der Waals surface area (Å²) in [6, 6.07) is 4.15. The van der Waals surface area contributed by atoms with E-state index in [-0.39, 0.29) is 17.9 Å². The number of H-pyrrole nitrogens is 1. The number of hydrogen-bond donors (Lipinski definition) is 2. The van der Waals surface area contributed by atoms with Crippen molar-refractivity contribution in [3.05, 3.63) is 24.5 Å². The molecule has 5 nitrogen and oxygen atoms in total. The van der Waals surface area contributed by atoms with Crippen LogP contribution in [0.15, 0.2) is 24.5 Å². The molecule has 2 atom stereocenters. The fraction of sp³-hybridized carbons (Fsp3) is 0.429. The number of nitrogens with zero attached hydrogens (tertiary/aromatic N) is 2. The Morgan fingerprint density at radius 3 is 3.16 bits per heavy atom. The van der Waals surface area contributed by atoms with Gasteiger partial charge in [-0.1, -0.05) is 0 Å². The highest BCUT2D eigenvalue weighted by atomic mass is 16.2. The lowest BCUT2D eigenvalue weighted by atomic mass is 10.0. The Kier molecular flexibility index (Phi) is 2.98. The van der Waals surface area contributed by atoms with Gasteiger partial charge in [0.15, 0.2) is 0 Å². The Balaban J connectivity index is 1.75. The Bertz CT molecular complexity index is 606. The van der Waals surface area contributed by atoms with Gasteiger partial charge in [0.05, 0.1) is 17.6 Å². The van der Waals surface area contributed by atoms with Crippen LogP contribution in [-0.4, -0.2) is 40.4 Å². The first-order chi connectivity index (χ1) is 9.15. The second kappa shape index (κ2) is 4.66. The molecule has 100 valence electrons. The second-order valence-electron chi connectivity index (χ2n) is 5.24. The quantitative estimate of drug-likeness (QED) is 0.864. The van der Waals surface area contributed by atoms with Crippen molar-refractivity contribution in [2.45, 2.75) is 19.4 Å². The number of fused-ring (bicyclic) bond motifs is 1. The maximum Gasteiger partial charge on any atom is 0.230 e. The van der Waals surface area contributed by atoms with Gasteiger partial charge in [0.1, 0.15) is 5.82 Å². The van der Waals surface area contributed by atoms with E-state index in [0.717, 1.165) is 23.9 Å². The number of nitrogens with one attached hydrogen (secondary N) is 2. The molecule has 0 radical (unpaired) electrons. The van der Waals surface area contributed by atoms with Crippen molar-refractivity contribution in [3.63, 3.8) is 0 Å². The lowest BCUT2D eigenvalue weighted by molar-refractivity contribution is -0.120. The number of likely N-dealkylation sites (tertiary alicyclic amines) is 1. The molecule has 19 heavy (non-hydrogen) atoms. The SMILES string of the molecule is C[C@@H]1[C@H](C(=O)Nc2cc3cc[nH]c3cn2)CCN1C. The van der Waals surface area contributed by atoms with Crippen LogP contribution < -0.4 is 5.32 Å². The number of aromatic amines is 1. The Morgan fingerprint density at radius 2 is 2.42 bits per heavy atom. The van der Waals surface area contributed by atoms with Crippen LogP contribution in [0.3, 0.4) is 0 Å². The van der Waals surface area contributed by atoms with Crippen molar-refractivity contribution >= 4 is 22.6 Å². The first kappa shape index (κ1) is 12.2. The van der Waals surface area contributed by atoms with Gasteiger partial charge in [0, 0.05) is 17.6 Å². The van der Waals surface area contributed by atoms with Crippen molar-refractivity contribution < 1.29 is 4.79 Å². The van der Waals surface area contributed by atoms with E-state index in [2.05, 4.69) is 34.2 Å². The molecule has 0 aliphatic carbocycles. The van der Waals surface area contributed by atoms with E-state index < -0.39 is 0 Å².